The standard InChI is InChI=1S/C20H18N2O2/c1-22(2)20(24)15-9-11-18(12-10-15)21-19(23)17-8-7-14-5-3-4-6-16(14)13-17/h3-13H,1-2H3,(H,21,23). The Balaban J connectivity index is 1.77. The molecular formula is C20H18N2O2. The maximum Gasteiger partial charge on any atom is 0.255 e. The average molecular weight is 318 g/mol. The van der Waals surface area contributed by atoms with Crippen LogP contribution in [0.5, 0.6) is 0 Å². The van der Waals surface area contributed by atoms with Gasteiger partial charge >= 0.3 is 0 Å². The molecule has 1 N–H and O–H groups in total. The fourth-order valence-corrected chi connectivity index (χ4v) is 2.49. The van der Waals surface area contributed by atoms with Crippen LogP contribution in [0.15, 0.2) is 66.7 Å². The van der Waals surface area contributed by atoms with Gasteiger partial charge in [0.2, 0.25) is 0 Å². The van der Waals surface area contributed by atoms with Gasteiger partial charge in [-0.3, -0.25) is 9.59 Å². The summed E-state index contributed by atoms with van der Waals surface area (Å²) in [5.74, 6) is -0.241. The van der Waals surface area contributed by atoms with Crippen molar-refractivity contribution in [1.29, 1.82) is 0 Å². The van der Waals surface area contributed by atoms with Crippen LogP contribution in [0.25, 0.3) is 10.8 Å². The molecule has 0 aliphatic heterocycles. The fourth-order valence-electron chi connectivity index (χ4n) is 2.49. The monoisotopic (exact) mass is 318 g/mol. The number of carbonyl (C=O) groups is 2. The summed E-state index contributed by atoms with van der Waals surface area (Å²) in [6, 6.07) is 20.4. The molecule has 2 amide bonds. The van der Waals surface area contributed by atoms with Crippen LogP contribution in [0.2, 0.25) is 0 Å². The van der Waals surface area contributed by atoms with Crippen LogP contribution in [0, 0.1) is 0 Å². The molecule has 0 fully saturated rings. The topological polar surface area (TPSA) is 49.4 Å². The van der Waals surface area contributed by atoms with E-state index < -0.39 is 0 Å². The van der Waals surface area contributed by atoms with Crippen molar-refractivity contribution < 1.29 is 9.59 Å². The molecule has 120 valence electrons. The van der Waals surface area contributed by atoms with E-state index in [1.165, 1.54) is 4.90 Å². The second kappa shape index (κ2) is 6.54. The highest BCUT2D eigenvalue weighted by Crippen LogP contribution is 2.17. The van der Waals surface area contributed by atoms with Crippen LogP contribution in [-0.4, -0.2) is 30.8 Å². The quantitative estimate of drug-likeness (QED) is 0.798. The molecule has 0 aliphatic rings. The first kappa shape index (κ1) is 15.7. The highest BCUT2D eigenvalue weighted by molar-refractivity contribution is 6.06. The van der Waals surface area contributed by atoms with Gasteiger partial charge in [0.1, 0.15) is 0 Å². The summed E-state index contributed by atoms with van der Waals surface area (Å²) in [5, 5.41) is 4.98. The SMILES string of the molecule is CN(C)C(=O)c1ccc(NC(=O)c2ccc3ccccc3c2)cc1. The Morgan fingerprint density at radius 1 is 0.792 bits per heavy atom. The highest BCUT2D eigenvalue weighted by atomic mass is 16.2. The summed E-state index contributed by atoms with van der Waals surface area (Å²) < 4.78 is 0. The first-order chi connectivity index (χ1) is 11.5. The maximum atomic E-state index is 12.4. The number of rotatable bonds is 3. The summed E-state index contributed by atoms with van der Waals surface area (Å²) in [7, 11) is 3.41. The zero-order chi connectivity index (χ0) is 17.1. The normalized spacial score (nSPS) is 10.4. The number of carbonyl (C=O) groups excluding carboxylic acids is 2. The lowest BCUT2D eigenvalue weighted by Crippen LogP contribution is -2.21. The van der Waals surface area contributed by atoms with E-state index in [1.807, 2.05) is 42.5 Å². The van der Waals surface area contributed by atoms with Crippen molar-refractivity contribution in [3.05, 3.63) is 77.9 Å². The third kappa shape index (κ3) is 3.27. The third-order valence-corrected chi connectivity index (χ3v) is 3.81. The maximum absolute atomic E-state index is 12.4. The molecule has 3 aromatic rings. The number of anilines is 1. The van der Waals surface area contributed by atoms with Crippen LogP contribution in [0.4, 0.5) is 5.69 Å². The van der Waals surface area contributed by atoms with Gasteiger partial charge in [0, 0.05) is 30.9 Å². The molecule has 0 unspecified atom stereocenters. The number of benzene rings is 3. The molecule has 0 atom stereocenters. The molecule has 3 rings (SSSR count). The summed E-state index contributed by atoms with van der Waals surface area (Å²) in [5.41, 5.74) is 1.84. The molecule has 0 spiro atoms. The van der Waals surface area contributed by atoms with Gasteiger partial charge < -0.3 is 10.2 Å². The lowest BCUT2D eigenvalue weighted by molar-refractivity contribution is 0.0827. The predicted octanol–water partition coefficient (Wildman–Crippen LogP) is 3.79. The zero-order valence-corrected chi connectivity index (χ0v) is 13.6. The van der Waals surface area contributed by atoms with Crippen molar-refractivity contribution in [2.24, 2.45) is 0 Å². The summed E-state index contributed by atoms with van der Waals surface area (Å²) in [6.45, 7) is 0. The lowest BCUT2D eigenvalue weighted by atomic mass is 10.1. The molecule has 0 radical (unpaired) electrons. The first-order valence-electron chi connectivity index (χ1n) is 7.66. The van der Waals surface area contributed by atoms with Crippen LogP contribution < -0.4 is 5.32 Å². The minimum Gasteiger partial charge on any atom is -0.345 e. The predicted molar refractivity (Wildman–Crippen MR) is 96.4 cm³/mol. The zero-order valence-electron chi connectivity index (χ0n) is 13.6. The number of hydrogen-bond acceptors (Lipinski definition) is 2. The number of amides is 2. The van der Waals surface area contributed by atoms with E-state index in [0.717, 1.165) is 10.8 Å². The van der Waals surface area contributed by atoms with Crippen molar-refractivity contribution in [2.45, 2.75) is 0 Å². The molecule has 0 aliphatic carbocycles. The Morgan fingerprint density at radius 3 is 2.08 bits per heavy atom. The number of nitrogens with one attached hydrogen (secondary N) is 1. The second-order valence-corrected chi connectivity index (χ2v) is 5.79. The van der Waals surface area contributed by atoms with Crippen molar-refractivity contribution in [2.75, 3.05) is 19.4 Å². The third-order valence-electron chi connectivity index (χ3n) is 3.81. The molecular weight excluding hydrogens is 300 g/mol. The smallest absolute Gasteiger partial charge is 0.255 e. The highest BCUT2D eigenvalue weighted by Gasteiger charge is 2.09. The lowest BCUT2D eigenvalue weighted by Gasteiger charge is -2.11. The van der Waals surface area contributed by atoms with Gasteiger partial charge in [-0.1, -0.05) is 30.3 Å². The van der Waals surface area contributed by atoms with E-state index in [9.17, 15) is 9.59 Å². The molecule has 0 saturated carbocycles. The van der Waals surface area contributed by atoms with Gasteiger partial charge in [-0.05, 0) is 47.2 Å². The Kier molecular flexibility index (Phi) is 4.29. The van der Waals surface area contributed by atoms with Gasteiger partial charge in [0.15, 0.2) is 0 Å². The van der Waals surface area contributed by atoms with E-state index in [1.54, 1.807) is 38.4 Å². The van der Waals surface area contributed by atoms with E-state index in [0.29, 0.717) is 16.8 Å². The summed E-state index contributed by atoms with van der Waals surface area (Å²) in [6.07, 6.45) is 0. The number of nitrogens with zero attached hydrogens (tertiary/aromatic N) is 1. The van der Waals surface area contributed by atoms with E-state index >= 15 is 0 Å². The van der Waals surface area contributed by atoms with Gasteiger partial charge in [-0.25, -0.2) is 0 Å². The van der Waals surface area contributed by atoms with Crippen molar-refractivity contribution in [3.8, 4) is 0 Å². The molecule has 0 heterocycles. The van der Waals surface area contributed by atoms with Gasteiger partial charge in [0.25, 0.3) is 11.8 Å². The van der Waals surface area contributed by atoms with Gasteiger partial charge in [0.05, 0.1) is 0 Å². The average Bonchev–Trinajstić information content (AvgIpc) is 2.61. The van der Waals surface area contributed by atoms with E-state index in [2.05, 4.69) is 5.32 Å². The minimum absolute atomic E-state index is 0.0672. The molecule has 4 nitrogen and oxygen atoms in total. The molecule has 0 aromatic heterocycles. The largest absolute Gasteiger partial charge is 0.345 e. The van der Waals surface area contributed by atoms with Crippen molar-refractivity contribution >= 4 is 28.3 Å². The van der Waals surface area contributed by atoms with Gasteiger partial charge in [-0.15, -0.1) is 0 Å². The molecule has 4 heteroatoms. The Bertz CT molecular complexity index is 899. The van der Waals surface area contributed by atoms with Crippen molar-refractivity contribution in [3.63, 3.8) is 0 Å². The van der Waals surface area contributed by atoms with E-state index in [-0.39, 0.29) is 11.8 Å². The molecule has 3 aromatic carbocycles. The van der Waals surface area contributed by atoms with Crippen LogP contribution in [0.3, 0.4) is 0 Å². The molecule has 0 bridgehead atoms. The minimum atomic E-state index is -0.174. The van der Waals surface area contributed by atoms with Crippen molar-refractivity contribution in [1.82, 2.24) is 4.90 Å². The molecule has 0 saturated heterocycles. The van der Waals surface area contributed by atoms with Crippen LogP contribution in [0.1, 0.15) is 20.7 Å². The Morgan fingerprint density at radius 2 is 1.42 bits per heavy atom. The number of hydrogen-bond donors (Lipinski definition) is 1. The second-order valence-electron chi connectivity index (χ2n) is 5.79. The fraction of sp³-hybridized carbons (Fsp3) is 0.100. The summed E-state index contributed by atoms with van der Waals surface area (Å²) >= 11 is 0. The Labute approximate surface area is 140 Å². The van der Waals surface area contributed by atoms with Gasteiger partial charge in [-0.2, -0.15) is 0 Å². The van der Waals surface area contributed by atoms with Crippen LogP contribution in [-0.2, 0) is 0 Å². The number of fused-ring (bicyclic) bond motifs is 1. The summed E-state index contributed by atoms with van der Waals surface area (Å²) in [4.78, 5) is 25.8. The first-order valence-corrected chi connectivity index (χ1v) is 7.66. The Hall–Kier alpha value is -3.14. The molecule has 24 heavy (non-hydrogen) atoms. The van der Waals surface area contributed by atoms with E-state index in [4.69, 9.17) is 0 Å². The van der Waals surface area contributed by atoms with Crippen LogP contribution >= 0.6 is 0 Å².